The fraction of sp³-hybridized carbons (Fsp3) is 0. The van der Waals surface area contributed by atoms with Crippen LogP contribution in [-0.2, 0) is 4.79 Å². The Hall–Kier alpha value is -2.39. The van der Waals surface area contributed by atoms with Crippen molar-refractivity contribution in [1.29, 1.82) is 0 Å². The van der Waals surface area contributed by atoms with Crippen molar-refractivity contribution in [2.45, 2.75) is 0 Å². The molecule has 4 rings (SSSR count). The number of halogens is 2. The molecule has 1 N–H and O–H groups in total. The Morgan fingerprint density at radius 1 is 1.10 bits per heavy atom. The first-order chi connectivity index (χ1) is 14.4. The maximum Gasteiger partial charge on any atom is 0.285 e. The molecular formula is C21H12BrClN2O3S2. The van der Waals surface area contributed by atoms with Gasteiger partial charge in [-0.2, -0.15) is 5.01 Å². The molecule has 1 aromatic heterocycles. The summed E-state index contributed by atoms with van der Waals surface area (Å²) in [6.45, 7) is 0. The lowest BCUT2D eigenvalue weighted by molar-refractivity contribution is -0.123. The van der Waals surface area contributed by atoms with Gasteiger partial charge in [-0.25, -0.2) is 0 Å². The molecule has 5 nitrogen and oxygen atoms in total. The number of carbonyl (C=O) groups excluding carboxylic acids is 2. The molecule has 30 heavy (non-hydrogen) atoms. The standard InChI is InChI=1S/C21H12BrClN2O3S2/c22-14-5-1-12(2-6-14)17-10-9-16(28-17)11-18-20(27)25(21(29)30-18)24-19(26)13-3-7-15(23)8-4-13/h1-11H,(H,24,26)/b18-11+. The number of nitrogens with one attached hydrogen (secondary N) is 1. The molecule has 150 valence electrons. The molecule has 2 amide bonds. The van der Waals surface area contributed by atoms with Crippen molar-refractivity contribution in [1.82, 2.24) is 10.4 Å². The summed E-state index contributed by atoms with van der Waals surface area (Å²) in [6.07, 6.45) is 1.61. The molecule has 0 atom stereocenters. The maximum absolute atomic E-state index is 12.7. The summed E-state index contributed by atoms with van der Waals surface area (Å²) >= 11 is 15.6. The average molecular weight is 520 g/mol. The van der Waals surface area contributed by atoms with E-state index in [1.165, 1.54) is 0 Å². The number of nitrogens with zero attached hydrogens (tertiary/aromatic N) is 1. The van der Waals surface area contributed by atoms with E-state index in [1.54, 1.807) is 36.4 Å². The summed E-state index contributed by atoms with van der Waals surface area (Å²) in [5, 5.41) is 1.57. The molecule has 9 heteroatoms. The number of carbonyl (C=O) groups is 2. The predicted molar refractivity (Wildman–Crippen MR) is 126 cm³/mol. The van der Waals surface area contributed by atoms with E-state index in [0.29, 0.717) is 27.0 Å². The van der Waals surface area contributed by atoms with Crippen LogP contribution in [0, 0.1) is 0 Å². The van der Waals surface area contributed by atoms with Gasteiger partial charge in [-0.05, 0) is 60.7 Å². The Morgan fingerprint density at radius 2 is 1.80 bits per heavy atom. The van der Waals surface area contributed by atoms with Gasteiger partial charge in [0.15, 0.2) is 4.32 Å². The Balaban J connectivity index is 1.49. The van der Waals surface area contributed by atoms with Crippen molar-refractivity contribution >= 4 is 73.7 Å². The van der Waals surface area contributed by atoms with Gasteiger partial charge < -0.3 is 4.42 Å². The van der Waals surface area contributed by atoms with Gasteiger partial charge in [0.1, 0.15) is 11.5 Å². The van der Waals surface area contributed by atoms with Crippen molar-refractivity contribution in [2.75, 3.05) is 0 Å². The first-order valence-corrected chi connectivity index (χ1v) is 11.0. The second kappa shape index (κ2) is 8.77. The molecule has 1 aliphatic heterocycles. The van der Waals surface area contributed by atoms with Gasteiger partial charge in [-0.1, -0.05) is 51.4 Å². The van der Waals surface area contributed by atoms with E-state index in [4.69, 9.17) is 28.2 Å². The van der Waals surface area contributed by atoms with E-state index >= 15 is 0 Å². The Kier molecular flexibility index (Phi) is 6.10. The lowest BCUT2D eigenvalue weighted by atomic mass is 10.2. The van der Waals surface area contributed by atoms with Crippen LogP contribution in [-0.4, -0.2) is 21.1 Å². The van der Waals surface area contributed by atoms with Crippen molar-refractivity contribution in [3.8, 4) is 11.3 Å². The van der Waals surface area contributed by atoms with Crippen molar-refractivity contribution in [2.24, 2.45) is 0 Å². The zero-order valence-corrected chi connectivity index (χ0v) is 19.1. The average Bonchev–Trinajstić information content (AvgIpc) is 3.29. The highest BCUT2D eigenvalue weighted by atomic mass is 79.9. The normalized spacial score (nSPS) is 15.1. The van der Waals surface area contributed by atoms with E-state index < -0.39 is 11.8 Å². The van der Waals surface area contributed by atoms with Gasteiger partial charge in [0, 0.05) is 26.7 Å². The van der Waals surface area contributed by atoms with E-state index in [-0.39, 0.29) is 4.32 Å². The zero-order valence-electron chi connectivity index (χ0n) is 15.1. The predicted octanol–water partition coefficient (Wildman–Crippen LogP) is 5.91. The van der Waals surface area contributed by atoms with Crippen LogP contribution in [0.2, 0.25) is 5.02 Å². The molecule has 1 fully saturated rings. The zero-order chi connectivity index (χ0) is 21.3. The Labute approximate surface area is 195 Å². The maximum atomic E-state index is 12.7. The molecular weight excluding hydrogens is 508 g/mol. The number of thioether (sulfide) groups is 1. The SMILES string of the molecule is O=C(NN1C(=O)/C(=C\c2ccc(-c3ccc(Br)cc3)o2)SC1=S)c1ccc(Cl)cc1. The number of rotatable bonds is 4. The van der Waals surface area contributed by atoms with Crippen molar-refractivity contribution in [3.05, 3.63) is 86.4 Å². The van der Waals surface area contributed by atoms with Crippen LogP contribution < -0.4 is 5.43 Å². The van der Waals surface area contributed by atoms with E-state index in [1.807, 2.05) is 30.3 Å². The van der Waals surface area contributed by atoms with E-state index in [0.717, 1.165) is 26.8 Å². The first-order valence-electron chi connectivity index (χ1n) is 8.61. The molecule has 0 spiro atoms. The van der Waals surface area contributed by atoms with Crippen molar-refractivity contribution < 1.29 is 14.0 Å². The second-order valence-electron chi connectivity index (χ2n) is 6.17. The lowest BCUT2D eigenvalue weighted by Crippen LogP contribution is -2.44. The number of benzene rings is 2. The third-order valence-corrected chi connectivity index (χ3v) is 6.23. The highest BCUT2D eigenvalue weighted by molar-refractivity contribution is 9.10. The Morgan fingerprint density at radius 3 is 2.50 bits per heavy atom. The second-order valence-corrected chi connectivity index (χ2v) is 9.20. The molecule has 1 saturated heterocycles. The summed E-state index contributed by atoms with van der Waals surface area (Å²) in [5.74, 6) is 0.311. The van der Waals surface area contributed by atoms with Crippen LogP contribution in [0.25, 0.3) is 17.4 Å². The molecule has 2 aromatic carbocycles. The number of furan rings is 1. The van der Waals surface area contributed by atoms with Crippen LogP contribution in [0.15, 0.2) is 74.5 Å². The molecule has 0 unspecified atom stereocenters. The molecule has 0 aliphatic carbocycles. The van der Waals surface area contributed by atoms with Gasteiger partial charge >= 0.3 is 0 Å². The van der Waals surface area contributed by atoms with Gasteiger partial charge in [0.05, 0.1) is 4.91 Å². The number of hydrogen-bond donors (Lipinski definition) is 1. The third kappa shape index (κ3) is 4.52. The minimum Gasteiger partial charge on any atom is -0.457 e. The summed E-state index contributed by atoms with van der Waals surface area (Å²) in [4.78, 5) is 25.5. The van der Waals surface area contributed by atoms with Gasteiger partial charge in [-0.15, -0.1) is 0 Å². The molecule has 3 aromatic rings. The summed E-state index contributed by atoms with van der Waals surface area (Å²) in [6, 6.07) is 17.6. The molecule has 1 aliphatic rings. The largest absolute Gasteiger partial charge is 0.457 e. The number of hydrogen-bond acceptors (Lipinski definition) is 5. The fourth-order valence-corrected chi connectivity index (χ4v) is 4.21. The minimum atomic E-state index is -0.459. The number of hydrazine groups is 1. The van der Waals surface area contributed by atoms with Crippen LogP contribution in [0.5, 0.6) is 0 Å². The fourth-order valence-electron chi connectivity index (χ4n) is 2.66. The van der Waals surface area contributed by atoms with Gasteiger partial charge in [0.2, 0.25) is 0 Å². The van der Waals surface area contributed by atoms with Gasteiger partial charge in [-0.3, -0.25) is 15.0 Å². The van der Waals surface area contributed by atoms with E-state index in [9.17, 15) is 9.59 Å². The minimum absolute atomic E-state index is 0.230. The van der Waals surface area contributed by atoms with Crippen LogP contribution in [0.4, 0.5) is 0 Å². The van der Waals surface area contributed by atoms with Gasteiger partial charge in [0.25, 0.3) is 11.8 Å². The molecule has 0 saturated carbocycles. The topological polar surface area (TPSA) is 62.6 Å². The van der Waals surface area contributed by atoms with E-state index in [2.05, 4.69) is 21.4 Å². The molecule has 0 radical (unpaired) electrons. The molecule has 0 bridgehead atoms. The summed E-state index contributed by atoms with van der Waals surface area (Å²) in [5.41, 5.74) is 3.81. The smallest absolute Gasteiger partial charge is 0.285 e. The number of thiocarbonyl (C=S) groups is 1. The quantitative estimate of drug-likeness (QED) is 0.343. The highest BCUT2D eigenvalue weighted by Crippen LogP contribution is 2.33. The van der Waals surface area contributed by atoms with Crippen LogP contribution in [0.1, 0.15) is 16.1 Å². The Bertz CT molecular complexity index is 1170. The number of amides is 2. The monoisotopic (exact) mass is 518 g/mol. The van der Waals surface area contributed by atoms with Crippen LogP contribution in [0.3, 0.4) is 0 Å². The van der Waals surface area contributed by atoms with Crippen molar-refractivity contribution in [3.63, 3.8) is 0 Å². The third-order valence-electron chi connectivity index (χ3n) is 4.14. The van der Waals surface area contributed by atoms with Crippen LogP contribution >= 0.6 is 51.5 Å². The molecule has 2 heterocycles. The summed E-state index contributed by atoms with van der Waals surface area (Å²) in [7, 11) is 0. The lowest BCUT2D eigenvalue weighted by Gasteiger charge is -2.15. The highest BCUT2D eigenvalue weighted by Gasteiger charge is 2.34. The summed E-state index contributed by atoms with van der Waals surface area (Å²) < 4.78 is 7.04. The first kappa shape index (κ1) is 20.9.